The van der Waals surface area contributed by atoms with Crippen molar-refractivity contribution >= 4 is 11.3 Å². The van der Waals surface area contributed by atoms with Crippen molar-refractivity contribution < 1.29 is 14.2 Å². The molecule has 0 N–H and O–H groups in total. The summed E-state index contributed by atoms with van der Waals surface area (Å²) in [6.45, 7) is 1.37. The zero-order valence-corrected chi connectivity index (χ0v) is 18.9. The Morgan fingerprint density at radius 1 is 0.758 bits per heavy atom. The van der Waals surface area contributed by atoms with Gasteiger partial charge in [0.25, 0.3) is 0 Å². The summed E-state index contributed by atoms with van der Waals surface area (Å²) in [7, 11) is 0. The topological polar surface area (TPSA) is 43.8 Å². The maximum atomic E-state index is 6.45. The fourth-order valence-corrected chi connectivity index (χ4v) is 4.54. The van der Waals surface area contributed by atoms with Crippen LogP contribution < -0.4 is 14.2 Å². The molecule has 0 saturated carbocycles. The Morgan fingerprint density at radius 2 is 1.30 bits per heavy atom. The summed E-state index contributed by atoms with van der Waals surface area (Å²) >= 11 is 1.53. The number of piperidine rings is 1. The molecule has 3 atom stereocenters. The summed E-state index contributed by atoms with van der Waals surface area (Å²) in [6, 6.07) is 29.8. The molecule has 5 rings (SSSR count). The fraction of sp³-hybridized carbons (Fsp3) is 0.222. The smallest absolute Gasteiger partial charge is 0.156 e. The van der Waals surface area contributed by atoms with Crippen molar-refractivity contribution in [2.45, 2.75) is 31.4 Å². The van der Waals surface area contributed by atoms with Gasteiger partial charge in [0.1, 0.15) is 29.5 Å². The van der Waals surface area contributed by atoms with E-state index in [0.717, 1.165) is 22.1 Å². The van der Waals surface area contributed by atoms with E-state index >= 15 is 0 Å². The Labute approximate surface area is 198 Å². The fourth-order valence-electron chi connectivity index (χ4n) is 3.98. The second-order valence-electron chi connectivity index (χ2n) is 7.91. The normalized spacial score (nSPS) is 20.8. The molecule has 3 aromatic carbocycles. The molecule has 0 spiro atoms. The molecule has 1 aliphatic heterocycles. The molecule has 1 aromatic heterocycles. The molecule has 0 bridgehead atoms. The van der Waals surface area contributed by atoms with Gasteiger partial charge in [-0.05, 0) is 36.4 Å². The predicted molar refractivity (Wildman–Crippen MR) is 129 cm³/mol. The largest absolute Gasteiger partial charge is 0.486 e. The molecule has 3 unspecified atom stereocenters. The predicted octanol–water partition coefficient (Wildman–Crippen LogP) is 5.45. The van der Waals surface area contributed by atoms with Crippen LogP contribution in [0.4, 0.5) is 0 Å². The minimum absolute atomic E-state index is 0.167. The lowest BCUT2D eigenvalue weighted by molar-refractivity contribution is -0.0989. The van der Waals surface area contributed by atoms with E-state index in [-0.39, 0.29) is 18.4 Å². The highest BCUT2D eigenvalue weighted by molar-refractivity contribution is 7.09. The van der Waals surface area contributed by atoms with Crippen molar-refractivity contribution in [3.8, 4) is 17.2 Å². The van der Waals surface area contributed by atoms with Crippen molar-refractivity contribution in [2.24, 2.45) is 0 Å². The van der Waals surface area contributed by atoms with Crippen LogP contribution in [-0.4, -0.2) is 34.9 Å². The highest BCUT2D eigenvalue weighted by atomic mass is 32.1. The van der Waals surface area contributed by atoms with Gasteiger partial charge in [-0.2, -0.15) is 0 Å². The first-order valence-corrected chi connectivity index (χ1v) is 11.8. The molecule has 0 amide bonds. The van der Waals surface area contributed by atoms with Crippen LogP contribution in [0.2, 0.25) is 0 Å². The van der Waals surface area contributed by atoms with E-state index in [2.05, 4.69) is 15.4 Å². The Hall–Kier alpha value is -3.35. The quantitative estimate of drug-likeness (QED) is 0.352. The molecule has 0 aliphatic carbocycles. The van der Waals surface area contributed by atoms with Gasteiger partial charge in [-0.15, -0.1) is 11.3 Å². The standard InChI is InChI=1S/C27H25N2O3S/c1-4-10-21(11-5-1)30-25-16-27(32-23-14-8-3-9-15-23)29(18-24-17-28-20-33-24)19-26(25)31-22-12-6-2-7-13-22/h1-15,17,25-27H,16,18-19H2. The molecular weight excluding hydrogens is 432 g/mol. The lowest BCUT2D eigenvalue weighted by atomic mass is 10.0. The average molecular weight is 458 g/mol. The van der Waals surface area contributed by atoms with Crippen LogP contribution >= 0.6 is 11.3 Å². The third-order valence-corrected chi connectivity index (χ3v) is 6.24. The molecular formula is C27H25N2O3S. The minimum atomic E-state index is -0.175. The maximum absolute atomic E-state index is 6.45. The van der Waals surface area contributed by atoms with Gasteiger partial charge in [0.15, 0.2) is 11.7 Å². The summed E-state index contributed by atoms with van der Waals surface area (Å²) < 4.78 is 19.3. The summed E-state index contributed by atoms with van der Waals surface area (Å²) in [6.07, 6.45) is 2.01. The highest BCUT2D eigenvalue weighted by Crippen LogP contribution is 2.29. The van der Waals surface area contributed by atoms with Crippen molar-refractivity contribution in [3.63, 3.8) is 0 Å². The molecule has 1 fully saturated rings. The van der Waals surface area contributed by atoms with E-state index in [1.54, 1.807) is 0 Å². The van der Waals surface area contributed by atoms with Crippen molar-refractivity contribution in [1.29, 1.82) is 0 Å². The van der Waals surface area contributed by atoms with Crippen molar-refractivity contribution in [3.05, 3.63) is 108 Å². The lowest BCUT2D eigenvalue weighted by Crippen LogP contribution is -2.57. The van der Waals surface area contributed by atoms with Crippen molar-refractivity contribution in [2.75, 3.05) is 6.54 Å². The summed E-state index contributed by atoms with van der Waals surface area (Å²) in [4.78, 5) is 7.56. The van der Waals surface area contributed by atoms with E-state index in [1.807, 2.05) is 97.2 Å². The number of rotatable bonds is 8. The van der Waals surface area contributed by atoms with Crippen LogP contribution in [0.25, 0.3) is 0 Å². The molecule has 5 nitrogen and oxygen atoms in total. The van der Waals surface area contributed by atoms with E-state index in [1.165, 1.54) is 11.3 Å². The second-order valence-corrected chi connectivity index (χ2v) is 8.82. The molecule has 2 heterocycles. The minimum Gasteiger partial charge on any atom is -0.486 e. The van der Waals surface area contributed by atoms with Crippen LogP contribution in [0.3, 0.4) is 0 Å². The van der Waals surface area contributed by atoms with Gasteiger partial charge in [-0.25, -0.2) is 4.98 Å². The van der Waals surface area contributed by atoms with Crippen LogP contribution in [0.5, 0.6) is 17.2 Å². The monoisotopic (exact) mass is 457 g/mol. The molecule has 1 radical (unpaired) electrons. The average Bonchev–Trinajstić information content (AvgIpc) is 3.37. The van der Waals surface area contributed by atoms with Gasteiger partial charge in [0.2, 0.25) is 0 Å². The van der Waals surface area contributed by atoms with E-state index < -0.39 is 0 Å². The van der Waals surface area contributed by atoms with Crippen LogP contribution in [0.1, 0.15) is 11.3 Å². The van der Waals surface area contributed by atoms with Gasteiger partial charge in [-0.1, -0.05) is 54.6 Å². The number of thiazole rings is 1. The number of hydrogen-bond acceptors (Lipinski definition) is 6. The zero-order chi connectivity index (χ0) is 22.3. The number of ether oxygens (including phenoxy) is 3. The number of hydrogen-bond donors (Lipinski definition) is 0. The Kier molecular flexibility index (Phi) is 6.85. The first-order chi connectivity index (χ1) is 16.3. The van der Waals surface area contributed by atoms with Crippen molar-refractivity contribution in [1.82, 2.24) is 9.88 Å². The molecule has 4 aromatic rings. The van der Waals surface area contributed by atoms with Crippen LogP contribution in [-0.2, 0) is 6.54 Å². The Morgan fingerprint density at radius 3 is 1.85 bits per heavy atom. The number of para-hydroxylation sites is 3. The molecule has 6 heteroatoms. The Bertz CT molecular complexity index is 1090. The third-order valence-electron chi connectivity index (χ3n) is 5.54. The summed E-state index contributed by atoms with van der Waals surface area (Å²) in [5.41, 5.74) is 2.94. The molecule has 33 heavy (non-hydrogen) atoms. The third kappa shape index (κ3) is 5.72. The van der Waals surface area contributed by atoms with E-state index in [4.69, 9.17) is 14.2 Å². The molecule has 1 saturated heterocycles. The zero-order valence-electron chi connectivity index (χ0n) is 18.1. The first kappa shape index (κ1) is 21.5. The van der Waals surface area contributed by atoms with Gasteiger partial charge in [0, 0.05) is 30.6 Å². The SMILES string of the molecule is [c]1ncc(CN2CC(Oc3ccccc3)C(Oc3ccccc3)CC2Oc2ccccc2)s1. The number of aromatic nitrogens is 1. The van der Waals surface area contributed by atoms with E-state index in [9.17, 15) is 0 Å². The van der Waals surface area contributed by atoms with Gasteiger partial charge in [-0.3, -0.25) is 4.90 Å². The maximum Gasteiger partial charge on any atom is 0.156 e. The Balaban J connectivity index is 1.41. The van der Waals surface area contributed by atoms with Crippen LogP contribution in [0.15, 0.2) is 97.2 Å². The van der Waals surface area contributed by atoms with Gasteiger partial charge < -0.3 is 14.2 Å². The molecule has 1 aliphatic rings. The first-order valence-electron chi connectivity index (χ1n) is 11.0. The number of nitrogens with zero attached hydrogens (tertiary/aromatic N) is 2. The second kappa shape index (κ2) is 10.5. The molecule has 167 valence electrons. The lowest BCUT2D eigenvalue weighted by Gasteiger charge is -2.43. The van der Waals surface area contributed by atoms with Crippen LogP contribution in [0, 0.1) is 5.51 Å². The van der Waals surface area contributed by atoms with E-state index in [0.29, 0.717) is 19.5 Å². The summed E-state index contributed by atoms with van der Waals surface area (Å²) in [5, 5.41) is 0. The van der Waals surface area contributed by atoms with Gasteiger partial charge >= 0.3 is 0 Å². The number of likely N-dealkylation sites (tertiary alicyclic amines) is 1. The number of benzene rings is 3. The summed E-state index contributed by atoms with van der Waals surface area (Å²) in [5.74, 6) is 2.50. The highest BCUT2D eigenvalue weighted by Gasteiger charge is 2.40. The van der Waals surface area contributed by atoms with Gasteiger partial charge in [0.05, 0.1) is 0 Å².